The Hall–Kier alpha value is -5.04. The van der Waals surface area contributed by atoms with Crippen molar-refractivity contribution in [2.24, 2.45) is 20.7 Å². The monoisotopic (exact) mass is 590 g/mol. The number of tetrazole rings is 1. The highest BCUT2D eigenvalue weighted by atomic mass is 15.7. The Bertz CT molecular complexity index is 1670. The minimum Gasteiger partial charge on any atom is -0.368 e. The Labute approximate surface area is 246 Å². The van der Waals surface area contributed by atoms with Crippen molar-refractivity contribution in [3.8, 4) is 11.9 Å². The Kier molecular flexibility index (Phi) is 6.57. The molecule has 0 saturated carbocycles. The first-order valence-electron chi connectivity index (χ1n) is 13.9. The van der Waals surface area contributed by atoms with E-state index in [9.17, 15) is 0 Å². The lowest BCUT2D eigenvalue weighted by molar-refractivity contribution is 0.333. The van der Waals surface area contributed by atoms with Crippen molar-refractivity contribution < 1.29 is 0 Å². The SMILES string of the molecule is CC1N=C(CCCCc2nnn(-c3n[nH]c(Nc4nnc(-n5nc(N6N=NC(C)(C)C6(C)C)nc5N)nn4)n3)n2)C1(C)C. The van der Waals surface area contributed by atoms with Gasteiger partial charge in [-0.1, -0.05) is 23.9 Å². The molecule has 226 valence electrons. The zero-order chi connectivity index (χ0) is 30.6. The van der Waals surface area contributed by atoms with E-state index in [2.05, 4.69) is 102 Å². The molecule has 20 heteroatoms. The molecule has 20 nitrogen and oxygen atoms in total. The number of hydrogen-bond acceptors (Lipinski definition) is 17. The number of nitrogens with zero attached hydrogens (tertiary/aromatic N) is 17. The van der Waals surface area contributed by atoms with Gasteiger partial charge in [-0.2, -0.15) is 19.8 Å². The lowest BCUT2D eigenvalue weighted by atomic mass is 9.73. The van der Waals surface area contributed by atoms with Gasteiger partial charge in [-0.25, -0.2) is 10.1 Å². The number of aromatic amines is 1. The maximum Gasteiger partial charge on any atom is 0.292 e. The molecule has 0 spiro atoms. The molecule has 1 unspecified atom stereocenters. The van der Waals surface area contributed by atoms with Crippen LogP contribution in [0.5, 0.6) is 0 Å². The second kappa shape index (κ2) is 10.1. The first-order valence-corrected chi connectivity index (χ1v) is 13.9. The normalized spacial score (nSPS) is 19.8. The topological polar surface area (TPSA) is 246 Å². The molecule has 0 fully saturated rings. The van der Waals surface area contributed by atoms with Gasteiger partial charge in [0.1, 0.15) is 5.54 Å². The van der Waals surface area contributed by atoms with E-state index in [1.807, 2.05) is 27.7 Å². The fourth-order valence-electron chi connectivity index (χ4n) is 4.48. The summed E-state index contributed by atoms with van der Waals surface area (Å²) in [6.07, 6.45) is 3.64. The van der Waals surface area contributed by atoms with Crippen LogP contribution in [-0.2, 0) is 6.42 Å². The summed E-state index contributed by atoms with van der Waals surface area (Å²) in [4.78, 5) is 14.5. The number of aromatic nitrogens is 14. The molecule has 0 aromatic carbocycles. The van der Waals surface area contributed by atoms with E-state index >= 15 is 0 Å². The van der Waals surface area contributed by atoms with Crippen molar-refractivity contribution in [3.05, 3.63) is 5.82 Å². The zero-order valence-electron chi connectivity index (χ0n) is 25.1. The van der Waals surface area contributed by atoms with Crippen molar-refractivity contribution in [2.75, 3.05) is 16.1 Å². The third kappa shape index (κ3) is 5.01. The molecule has 0 amide bonds. The average Bonchev–Trinajstić information content (AvgIpc) is 3.74. The molecule has 2 aliphatic rings. The van der Waals surface area contributed by atoms with Crippen LogP contribution in [-0.4, -0.2) is 93.4 Å². The van der Waals surface area contributed by atoms with Gasteiger partial charge in [-0.05, 0) is 59.1 Å². The van der Waals surface area contributed by atoms with E-state index < -0.39 is 11.1 Å². The highest BCUT2D eigenvalue weighted by Gasteiger charge is 2.49. The molecule has 2 aliphatic heterocycles. The zero-order valence-corrected chi connectivity index (χ0v) is 25.1. The lowest BCUT2D eigenvalue weighted by Gasteiger charge is -2.40. The van der Waals surface area contributed by atoms with Gasteiger partial charge in [0.05, 0.1) is 11.6 Å². The molecule has 0 aliphatic carbocycles. The van der Waals surface area contributed by atoms with Gasteiger partial charge in [0.25, 0.3) is 23.8 Å². The maximum absolute atomic E-state index is 6.08. The van der Waals surface area contributed by atoms with Crippen LogP contribution in [0.3, 0.4) is 0 Å². The fraction of sp³-hybridized carbons (Fsp3) is 0.652. The minimum atomic E-state index is -0.488. The average molecular weight is 591 g/mol. The highest BCUT2D eigenvalue weighted by molar-refractivity contribution is 5.94. The number of H-pyrrole nitrogens is 1. The van der Waals surface area contributed by atoms with Crippen molar-refractivity contribution in [3.63, 3.8) is 0 Å². The minimum absolute atomic E-state index is 0.0200. The Morgan fingerprint density at radius 2 is 1.63 bits per heavy atom. The van der Waals surface area contributed by atoms with Crippen LogP contribution in [0, 0.1) is 5.41 Å². The molecule has 0 radical (unpaired) electrons. The van der Waals surface area contributed by atoms with Crippen LogP contribution in [0.15, 0.2) is 15.3 Å². The summed E-state index contributed by atoms with van der Waals surface area (Å²) in [5, 5.41) is 53.0. The molecule has 0 bridgehead atoms. The first kappa shape index (κ1) is 28.1. The number of unbranched alkanes of at least 4 members (excludes halogenated alkanes) is 1. The standard InChI is InChI=1S/C23H34N20/c1-12-21(2,3)13(25-12)10-8-9-11-14-29-39-43(36-14)18-28-16(30-33-18)27-17-31-34-20(35-32-17)41-15(24)26-19(37-41)42-23(6,7)22(4,5)38-40-42/h12H,8-11H2,1-7H3,(H2,24,26,37)(H2,27,28,30,31,32,33). The maximum atomic E-state index is 6.08. The summed E-state index contributed by atoms with van der Waals surface area (Å²) in [7, 11) is 0. The largest absolute Gasteiger partial charge is 0.368 e. The first-order chi connectivity index (χ1) is 20.3. The number of nitrogen functional groups attached to an aromatic ring is 1. The smallest absolute Gasteiger partial charge is 0.292 e. The third-order valence-corrected chi connectivity index (χ3v) is 8.42. The van der Waals surface area contributed by atoms with Crippen LogP contribution < -0.4 is 16.1 Å². The highest BCUT2D eigenvalue weighted by Crippen LogP contribution is 2.40. The van der Waals surface area contributed by atoms with Gasteiger partial charge >= 0.3 is 0 Å². The number of anilines is 4. The second-order valence-corrected chi connectivity index (χ2v) is 12.1. The van der Waals surface area contributed by atoms with Gasteiger partial charge in [0, 0.05) is 17.5 Å². The summed E-state index contributed by atoms with van der Waals surface area (Å²) < 4.78 is 1.22. The van der Waals surface area contributed by atoms with Crippen LogP contribution in [0.25, 0.3) is 11.9 Å². The number of nitrogens with two attached hydrogens (primary N) is 1. The van der Waals surface area contributed by atoms with Crippen LogP contribution >= 0.6 is 0 Å². The van der Waals surface area contributed by atoms with Gasteiger partial charge < -0.3 is 5.73 Å². The number of nitrogens with one attached hydrogen (secondary N) is 2. The Morgan fingerprint density at radius 1 is 0.884 bits per heavy atom. The van der Waals surface area contributed by atoms with Gasteiger partial charge in [-0.15, -0.1) is 40.8 Å². The molecule has 4 N–H and O–H groups in total. The fourth-order valence-corrected chi connectivity index (χ4v) is 4.48. The van der Waals surface area contributed by atoms with E-state index in [1.54, 1.807) is 5.01 Å². The Balaban J connectivity index is 1.05. The van der Waals surface area contributed by atoms with E-state index in [4.69, 9.17) is 5.73 Å². The van der Waals surface area contributed by atoms with Crippen molar-refractivity contribution >= 4 is 29.5 Å². The summed E-state index contributed by atoms with van der Waals surface area (Å²) in [5.41, 5.74) is 6.63. The van der Waals surface area contributed by atoms with Crippen LogP contribution in [0.2, 0.25) is 0 Å². The van der Waals surface area contributed by atoms with Crippen LogP contribution in [0.1, 0.15) is 73.6 Å². The molecular weight excluding hydrogens is 556 g/mol. The molecule has 1 atom stereocenters. The van der Waals surface area contributed by atoms with Crippen LogP contribution in [0.4, 0.5) is 23.8 Å². The van der Waals surface area contributed by atoms with E-state index in [0.717, 1.165) is 19.3 Å². The molecule has 6 rings (SSSR count). The number of hydrogen-bond donors (Lipinski definition) is 3. The predicted molar refractivity (Wildman–Crippen MR) is 153 cm³/mol. The van der Waals surface area contributed by atoms with E-state index in [0.29, 0.717) is 18.3 Å². The van der Waals surface area contributed by atoms with Gasteiger partial charge in [-0.3, -0.25) is 10.3 Å². The molecule has 6 heterocycles. The van der Waals surface area contributed by atoms with Crippen molar-refractivity contribution in [1.29, 1.82) is 0 Å². The number of aryl methyl sites for hydroxylation is 1. The van der Waals surface area contributed by atoms with Gasteiger partial charge in [0.2, 0.25) is 11.9 Å². The summed E-state index contributed by atoms with van der Waals surface area (Å²) >= 11 is 0. The van der Waals surface area contributed by atoms with Crippen molar-refractivity contribution in [2.45, 2.75) is 91.3 Å². The molecule has 43 heavy (non-hydrogen) atoms. The molecule has 4 aromatic heterocycles. The predicted octanol–water partition coefficient (Wildman–Crippen LogP) is 1.59. The number of aliphatic imine (C=N–C) groups is 1. The lowest BCUT2D eigenvalue weighted by Crippen LogP contribution is -2.51. The molecular formula is C23H34N20. The quantitative estimate of drug-likeness (QED) is 0.222. The van der Waals surface area contributed by atoms with E-state index in [-0.39, 0.29) is 41.1 Å². The van der Waals surface area contributed by atoms with Gasteiger partial charge in [0.15, 0.2) is 5.82 Å². The molecule has 4 aromatic rings. The third-order valence-electron chi connectivity index (χ3n) is 8.42. The molecule has 0 saturated heterocycles. The second-order valence-electron chi connectivity index (χ2n) is 12.1. The van der Waals surface area contributed by atoms with Crippen molar-refractivity contribution in [1.82, 2.24) is 70.5 Å². The van der Waals surface area contributed by atoms with E-state index in [1.165, 1.54) is 15.2 Å². The summed E-state index contributed by atoms with van der Waals surface area (Å²) in [5.74, 6) is 1.42. The summed E-state index contributed by atoms with van der Waals surface area (Å²) in [6, 6.07) is 0.394. The summed E-state index contributed by atoms with van der Waals surface area (Å²) in [6.45, 7) is 14.6. The Morgan fingerprint density at radius 3 is 2.30 bits per heavy atom. The number of rotatable bonds is 10.